The zero-order valence-electron chi connectivity index (χ0n) is 15.3. The van der Waals surface area contributed by atoms with Crippen molar-refractivity contribution in [3.63, 3.8) is 0 Å². The summed E-state index contributed by atoms with van der Waals surface area (Å²) in [6.45, 7) is 3.79. The Kier molecular flexibility index (Phi) is 7.00. The van der Waals surface area contributed by atoms with E-state index in [1.165, 1.54) is 0 Å². The van der Waals surface area contributed by atoms with Gasteiger partial charge in [-0.05, 0) is 56.7 Å². The molecule has 1 aromatic rings. The van der Waals surface area contributed by atoms with E-state index in [4.69, 9.17) is 5.11 Å². The minimum atomic E-state index is -0.759. The van der Waals surface area contributed by atoms with Gasteiger partial charge in [-0.2, -0.15) is 0 Å². The maximum Gasteiger partial charge on any atom is 0.319 e. The molecule has 0 aromatic heterocycles. The highest BCUT2D eigenvalue weighted by Gasteiger charge is 2.26. The first-order valence-corrected chi connectivity index (χ1v) is 9.10. The molecule has 2 rings (SSSR count). The predicted octanol–water partition coefficient (Wildman–Crippen LogP) is 3.50. The molecule has 1 aromatic carbocycles. The zero-order chi connectivity index (χ0) is 19.1. The number of carboxylic acid groups (broad SMARTS) is 1. The second-order valence-corrected chi connectivity index (χ2v) is 6.76. The molecule has 7 heteroatoms. The van der Waals surface area contributed by atoms with Gasteiger partial charge in [0.05, 0.1) is 5.92 Å². The van der Waals surface area contributed by atoms with E-state index in [1.807, 2.05) is 13.8 Å². The zero-order valence-corrected chi connectivity index (χ0v) is 15.3. The lowest BCUT2D eigenvalue weighted by Crippen LogP contribution is -2.41. The maximum atomic E-state index is 12.3. The number of urea groups is 1. The summed E-state index contributed by atoms with van der Waals surface area (Å²) in [5.74, 6) is -1.11. The summed E-state index contributed by atoms with van der Waals surface area (Å²) < 4.78 is 0. The van der Waals surface area contributed by atoms with Gasteiger partial charge in [-0.25, -0.2) is 4.79 Å². The number of hydrogen-bond acceptors (Lipinski definition) is 3. The van der Waals surface area contributed by atoms with Gasteiger partial charge in [-0.3, -0.25) is 9.59 Å². The Bertz CT molecular complexity index is 667. The van der Waals surface area contributed by atoms with Crippen LogP contribution in [0, 0.1) is 12.8 Å². The van der Waals surface area contributed by atoms with Gasteiger partial charge in [0.2, 0.25) is 5.91 Å². The van der Waals surface area contributed by atoms with Crippen LogP contribution in [-0.2, 0) is 9.59 Å². The molecule has 0 radical (unpaired) electrons. The first-order chi connectivity index (χ1) is 12.4. The summed E-state index contributed by atoms with van der Waals surface area (Å²) in [4.78, 5) is 35.0. The van der Waals surface area contributed by atoms with E-state index in [-0.39, 0.29) is 23.9 Å². The van der Waals surface area contributed by atoms with Gasteiger partial charge in [0.25, 0.3) is 0 Å². The van der Waals surface area contributed by atoms with E-state index >= 15 is 0 Å². The lowest BCUT2D eigenvalue weighted by molar-refractivity contribution is -0.142. The lowest BCUT2D eigenvalue weighted by atomic mass is 9.86. The Morgan fingerprint density at radius 2 is 1.69 bits per heavy atom. The molecule has 7 nitrogen and oxygen atoms in total. The lowest BCUT2D eigenvalue weighted by Gasteiger charge is -2.27. The summed E-state index contributed by atoms with van der Waals surface area (Å²) >= 11 is 0. The fourth-order valence-electron chi connectivity index (χ4n) is 3.17. The normalized spacial score (nSPS) is 19.5. The first-order valence-electron chi connectivity index (χ1n) is 9.10. The summed E-state index contributed by atoms with van der Waals surface area (Å²) in [7, 11) is 0. The van der Waals surface area contributed by atoms with Crippen LogP contribution < -0.4 is 16.0 Å². The number of aliphatic carboxylic acids is 1. The quantitative estimate of drug-likeness (QED) is 0.622. The number of hydrogen-bond donors (Lipinski definition) is 4. The highest BCUT2D eigenvalue weighted by Crippen LogP contribution is 2.26. The molecule has 0 heterocycles. The van der Waals surface area contributed by atoms with Crippen molar-refractivity contribution < 1.29 is 19.5 Å². The Morgan fingerprint density at radius 1 is 1.08 bits per heavy atom. The van der Waals surface area contributed by atoms with Gasteiger partial charge in [0.1, 0.15) is 0 Å². The van der Waals surface area contributed by atoms with Crippen LogP contribution in [0.25, 0.3) is 0 Å². The molecule has 3 amide bonds. The van der Waals surface area contributed by atoms with Gasteiger partial charge in [0, 0.05) is 23.8 Å². The average molecular weight is 361 g/mol. The Balaban J connectivity index is 1.91. The molecule has 26 heavy (non-hydrogen) atoms. The van der Waals surface area contributed by atoms with Gasteiger partial charge in [-0.15, -0.1) is 0 Å². The van der Waals surface area contributed by atoms with Crippen LogP contribution >= 0.6 is 0 Å². The largest absolute Gasteiger partial charge is 0.481 e. The van der Waals surface area contributed by atoms with Crippen molar-refractivity contribution in [3.05, 3.63) is 23.8 Å². The number of carbonyl (C=O) groups excluding carboxylic acids is 2. The third kappa shape index (κ3) is 5.47. The number of amides is 3. The molecule has 0 unspecified atom stereocenters. The van der Waals surface area contributed by atoms with Gasteiger partial charge >= 0.3 is 12.0 Å². The van der Waals surface area contributed by atoms with Crippen LogP contribution in [0.1, 0.15) is 51.0 Å². The monoisotopic (exact) mass is 361 g/mol. The number of benzene rings is 1. The standard InChI is InChI=1S/C19H27N3O4/c1-3-5-17(23)21-15-6-4-7-16(12(15)2)22-19(26)20-14-10-8-13(9-11-14)18(24)25/h4,6-7,13-14H,3,5,8-11H2,1-2H3,(H,21,23)(H,24,25)(H2,20,22,26). The molecule has 1 fully saturated rings. The molecule has 142 valence electrons. The van der Waals surface area contributed by atoms with E-state index in [1.54, 1.807) is 18.2 Å². The SMILES string of the molecule is CCCC(=O)Nc1cccc(NC(=O)NC2CCC(C(=O)O)CC2)c1C. The Morgan fingerprint density at radius 3 is 2.27 bits per heavy atom. The average Bonchev–Trinajstić information content (AvgIpc) is 2.59. The molecule has 0 atom stereocenters. The van der Waals surface area contributed by atoms with Crippen molar-refractivity contribution in [3.8, 4) is 0 Å². The number of anilines is 2. The van der Waals surface area contributed by atoms with Gasteiger partial charge < -0.3 is 21.1 Å². The van der Waals surface area contributed by atoms with E-state index in [0.717, 1.165) is 12.0 Å². The topological polar surface area (TPSA) is 108 Å². The van der Waals surface area contributed by atoms with Crippen LogP contribution in [0.2, 0.25) is 0 Å². The van der Waals surface area contributed by atoms with Crippen molar-refractivity contribution >= 4 is 29.3 Å². The fourth-order valence-corrected chi connectivity index (χ4v) is 3.17. The smallest absolute Gasteiger partial charge is 0.319 e. The van der Waals surface area contributed by atoms with Crippen LogP contribution in [0.3, 0.4) is 0 Å². The van der Waals surface area contributed by atoms with Crippen LogP contribution in [0.4, 0.5) is 16.2 Å². The van der Waals surface area contributed by atoms with Crippen molar-refractivity contribution in [2.75, 3.05) is 10.6 Å². The third-order valence-corrected chi connectivity index (χ3v) is 4.74. The van der Waals surface area contributed by atoms with Crippen LogP contribution in [-0.4, -0.2) is 29.1 Å². The second kappa shape index (κ2) is 9.22. The van der Waals surface area contributed by atoms with E-state index < -0.39 is 5.97 Å². The number of carboxylic acids is 1. The number of carbonyl (C=O) groups is 3. The Labute approximate surface area is 153 Å². The van der Waals surface area contributed by atoms with Crippen molar-refractivity contribution in [2.24, 2.45) is 5.92 Å². The molecule has 4 N–H and O–H groups in total. The minimum absolute atomic E-state index is 0.0154. The minimum Gasteiger partial charge on any atom is -0.481 e. The molecule has 1 aliphatic rings. The van der Waals surface area contributed by atoms with Crippen LogP contribution in [0.5, 0.6) is 0 Å². The molecule has 1 saturated carbocycles. The van der Waals surface area contributed by atoms with Crippen molar-refractivity contribution in [2.45, 2.75) is 58.4 Å². The molecule has 0 aliphatic heterocycles. The molecule has 0 bridgehead atoms. The highest BCUT2D eigenvalue weighted by atomic mass is 16.4. The Hall–Kier alpha value is -2.57. The summed E-state index contributed by atoms with van der Waals surface area (Å²) in [5, 5.41) is 17.6. The van der Waals surface area contributed by atoms with Gasteiger partial charge in [0.15, 0.2) is 0 Å². The molecule has 0 saturated heterocycles. The molecular formula is C19H27N3O4. The third-order valence-electron chi connectivity index (χ3n) is 4.74. The molecule has 1 aliphatic carbocycles. The second-order valence-electron chi connectivity index (χ2n) is 6.76. The van der Waals surface area contributed by atoms with Crippen LogP contribution in [0.15, 0.2) is 18.2 Å². The predicted molar refractivity (Wildman–Crippen MR) is 100 cm³/mol. The summed E-state index contributed by atoms with van der Waals surface area (Å²) in [6, 6.07) is 5.04. The van der Waals surface area contributed by atoms with Gasteiger partial charge in [-0.1, -0.05) is 13.0 Å². The van der Waals surface area contributed by atoms with Crippen molar-refractivity contribution in [1.82, 2.24) is 5.32 Å². The van der Waals surface area contributed by atoms with Crippen molar-refractivity contribution in [1.29, 1.82) is 0 Å². The summed E-state index contributed by atoms with van der Waals surface area (Å²) in [6.07, 6.45) is 3.72. The van der Waals surface area contributed by atoms with E-state index in [2.05, 4.69) is 16.0 Å². The number of nitrogens with one attached hydrogen (secondary N) is 3. The summed E-state index contributed by atoms with van der Waals surface area (Å²) in [5.41, 5.74) is 2.11. The first kappa shape index (κ1) is 19.8. The molecule has 0 spiro atoms. The fraction of sp³-hybridized carbons (Fsp3) is 0.526. The van der Waals surface area contributed by atoms with E-state index in [9.17, 15) is 14.4 Å². The number of rotatable bonds is 6. The van der Waals surface area contributed by atoms with E-state index in [0.29, 0.717) is 43.5 Å². The highest BCUT2D eigenvalue weighted by molar-refractivity contribution is 5.95. The molecular weight excluding hydrogens is 334 g/mol. The maximum absolute atomic E-state index is 12.3.